The van der Waals surface area contributed by atoms with Gasteiger partial charge >= 0.3 is 0 Å². The molecule has 27 heavy (non-hydrogen) atoms. The van der Waals surface area contributed by atoms with E-state index in [0.717, 1.165) is 12.3 Å². The number of nitrogens with zero attached hydrogens (tertiary/aromatic N) is 1. The van der Waals surface area contributed by atoms with E-state index in [1.54, 1.807) is 0 Å². The first-order valence-corrected chi connectivity index (χ1v) is 9.58. The summed E-state index contributed by atoms with van der Waals surface area (Å²) in [5.41, 5.74) is -1.23. The number of hydrogen-bond acceptors (Lipinski definition) is 4. The van der Waals surface area contributed by atoms with E-state index in [1.165, 1.54) is 11.8 Å². The van der Waals surface area contributed by atoms with Gasteiger partial charge in [-0.3, -0.25) is 9.59 Å². The van der Waals surface area contributed by atoms with Crippen LogP contribution in [0, 0.1) is 29.5 Å². The normalized spacial score (nSPS) is 25.0. The fourth-order valence-electron chi connectivity index (χ4n) is 2.66. The lowest BCUT2D eigenvalue weighted by Gasteiger charge is -2.20. The second kappa shape index (κ2) is 8.59. The van der Waals surface area contributed by atoms with E-state index in [2.05, 4.69) is 17.2 Å². The first-order valence-electron chi connectivity index (χ1n) is 8.21. The van der Waals surface area contributed by atoms with Crippen molar-refractivity contribution in [2.45, 2.75) is 29.4 Å². The molecule has 2 saturated heterocycles. The van der Waals surface area contributed by atoms with Gasteiger partial charge in [-0.15, -0.1) is 23.4 Å². The van der Waals surface area contributed by atoms with Crippen molar-refractivity contribution in [3.8, 4) is 11.8 Å². The topological polar surface area (TPSA) is 60.3 Å². The molecule has 1 aromatic rings. The molecule has 146 valence electrons. The molecule has 10 heteroatoms. The number of carbonyl (C=O) groups excluding carboxylic acids is 1. The summed E-state index contributed by atoms with van der Waals surface area (Å²) >= 11 is 7.49. The maximum Gasteiger partial charge on any atom is 0.286 e. The van der Waals surface area contributed by atoms with E-state index in [1.807, 2.05) is 0 Å². The quantitative estimate of drug-likeness (QED) is 0.600. The van der Waals surface area contributed by atoms with E-state index < -0.39 is 35.5 Å². The number of thioether (sulfide) groups is 1. The second-order valence-electron chi connectivity index (χ2n) is 6.26. The zero-order chi connectivity index (χ0) is 19.6. The van der Waals surface area contributed by atoms with Crippen LogP contribution in [0.25, 0.3) is 0 Å². The number of amides is 1. The van der Waals surface area contributed by atoms with Gasteiger partial charge in [-0.05, 0) is 6.42 Å². The standard InChI is InChI=1S/C17H16ClF3N2O3S/c18-15-10(2-1-9-7-26-8-9)3-13(27-15)16(24)22-11-4-12(19)17(25)23(5-11)6-14(20)21/h4-5,9-10,13-15H,3,6-8H2,(H,22,24). The van der Waals surface area contributed by atoms with Gasteiger partial charge in [0.15, 0.2) is 5.82 Å². The van der Waals surface area contributed by atoms with E-state index in [-0.39, 0.29) is 22.2 Å². The summed E-state index contributed by atoms with van der Waals surface area (Å²) in [6.07, 6.45) is -1.40. The van der Waals surface area contributed by atoms with Crippen molar-refractivity contribution in [1.29, 1.82) is 0 Å². The summed E-state index contributed by atoms with van der Waals surface area (Å²) in [4.78, 5) is 24.0. The fourth-order valence-corrected chi connectivity index (χ4v) is 4.38. The molecule has 0 radical (unpaired) electrons. The molecule has 3 unspecified atom stereocenters. The molecule has 3 heterocycles. The largest absolute Gasteiger partial charge is 0.379 e. The van der Waals surface area contributed by atoms with Crippen molar-refractivity contribution in [1.82, 2.24) is 4.57 Å². The van der Waals surface area contributed by atoms with Gasteiger partial charge in [0.2, 0.25) is 5.91 Å². The number of ether oxygens (including phenoxy) is 1. The van der Waals surface area contributed by atoms with E-state index >= 15 is 0 Å². The molecular weight excluding hydrogens is 405 g/mol. The van der Waals surface area contributed by atoms with Gasteiger partial charge in [0, 0.05) is 18.2 Å². The molecule has 1 amide bonds. The van der Waals surface area contributed by atoms with Crippen molar-refractivity contribution in [3.63, 3.8) is 0 Å². The molecule has 0 bridgehead atoms. The predicted molar refractivity (Wildman–Crippen MR) is 96.5 cm³/mol. The van der Waals surface area contributed by atoms with Crippen molar-refractivity contribution in [3.05, 3.63) is 28.4 Å². The predicted octanol–water partition coefficient (Wildman–Crippen LogP) is 2.53. The molecule has 3 rings (SSSR count). The maximum atomic E-state index is 13.7. The highest BCUT2D eigenvalue weighted by atomic mass is 35.5. The van der Waals surface area contributed by atoms with Crippen LogP contribution in [0.5, 0.6) is 0 Å². The number of rotatable bonds is 4. The Bertz CT molecular complexity index is 835. The average molecular weight is 421 g/mol. The molecule has 5 nitrogen and oxygen atoms in total. The summed E-state index contributed by atoms with van der Waals surface area (Å²) in [6, 6.07) is 0.813. The first-order chi connectivity index (χ1) is 12.8. The lowest BCUT2D eigenvalue weighted by molar-refractivity contribution is -0.115. The Hall–Kier alpha value is -1.63. The number of anilines is 1. The highest BCUT2D eigenvalue weighted by molar-refractivity contribution is 8.02. The van der Waals surface area contributed by atoms with Crippen LogP contribution in [0.2, 0.25) is 0 Å². The number of hydrogen-bond donors (Lipinski definition) is 1. The van der Waals surface area contributed by atoms with Crippen molar-refractivity contribution in [2.75, 3.05) is 18.5 Å². The Morgan fingerprint density at radius 2 is 2.19 bits per heavy atom. The third-order valence-corrected chi connectivity index (χ3v) is 6.06. The molecule has 2 fully saturated rings. The Labute approximate surface area is 162 Å². The Kier molecular flexibility index (Phi) is 6.40. The first kappa shape index (κ1) is 20.1. The number of halogens is 4. The number of nitrogens with one attached hydrogen (secondary N) is 1. The number of carbonyl (C=O) groups is 1. The second-order valence-corrected chi connectivity index (χ2v) is 8.33. The molecule has 2 aliphatic rings. The van der Waals surface area contributed by atoms with Gasteiger partial charge in [-0.25, -0.2) is 13.2 Å². The van der Waals surface area contributed by atoms with Gasteiger partial charge in [0.25, 0.3) is 12.0 Å². The third-order valence-electron chi connectivity index (χ3n) is 4.13. The summed E-state index contributed by atoms with van der Waals surface area (Å²) in [6.45, 7) is 0.247. The molecule has 0 aliphatic carbocycles. The van der Waals surface area contributed by atoms with Crippen molar-refractivity contribution >= 4 is 35.0 Å². The number of pyridine rings is 1. The Balaban J connectivity index is 1.65. The summed E-state index contributed by atoms with van der Waals surface area (Å²) in [7, 11) is 0. The van der Waals surface area contributed by atoms with Gasteiger partial charge in [0.1, 0.15) is 0 Å². The summed E-state index contributed by atoms with van der Waals surface area (Å²) in [5.74, 6) is 4.53. The van der Waals surface area contributed by atoms with E-state index in [9.17, 15) is 22.8 Å². The zero-order valence-electron chi connectivity index (χ0n) is 14.0. The Morgan fingerprint density at radius 3 is 2.81 bits per heavy atom. The smallest absolute Gasteiger partial charge is 0.286 e. The van der Waals surface area contributed by atoms with Crippen LogP contribution in [0.15, 0.2) is 17.1 Å². The minimum Gasteiger partial charge on any atom is -0.379 e. The monoisotopic (exact) mass is 420 g/mol. The molecule has 3 atom stereocenters. The molecule has 1 aromatic heterocycles. The minimum absolute atomic E-state index is 0.0642. The van der Waals surface area contributed by atoms with Crippen LogP contribution >= 0.6 is 23.4 Å². The molecule has 0 saturated carbocycles. The number of alkyl halides is 3. The lowest BCUT2D eigenvalue weighted by atomic mass is 10.0. The molecule has 0 aromatic carbocycles. The van der Waals surface area contributed by atoms with Gasteiger partial charge in [0.05, 0.1) is 41.3 Å². The highest BCUT2D eigenvalue weighted by Gasteiger charge is 2.37. The van der Waals surface area contributed by atoms with Crippen LogP contribution in [0.1, 0.15) is 6.42 Å². The average Bonchev–Trinajstić information content (AvgIpc) is 2.91. The zero-order valence-corrected chi connectivity index (χ0v) is 15.5. The van der Waals surface area contributed by atoms with Crippen molar-refractivity contribution in [2.24, 2.45) is 11.8 Å². The van der Waals surface area contributed by atoms with Gasteiger partial charge in [-0.2, -0.15) is 0 Å². The minimum atomic E-state index is -2.82. The maximum absolute atomic E-state index is 13.7. The molecule has 1 N–H and O–H groups in total. The molecule has 2 aliphatic heterocycles. The van der Waals surface area contributed by atoms with Crippen LogP contribution < -0.4 is 10.9 Å². The van der Waals surface area contributed by atoms with Crippen molar-refractivity contribution < 1.29 is 22.7 Å². The van der Waals surface area contributed by atoms with Gasteiger partial charge in [-0.1, -0.05) is 11.8 Å². The molecular formula is C17H16ClF3N2O3S. The van der Waals surface area contributed by atoms with Crippen LogP contribution in [0.4, 0.5) is 18.9 Å². The summed E-state index contributed by atoms with van der Waals surface area (Å²) in [5, 5.41) is 1.95. The van der Waals surface area contributed by atoms with Crippen LogP contribution in [0.3, 0.4) is 0 Å². The van der Waals surface area contributed by atoms with Gasteiger partial charge < -0.3 is 14.6 Å². The summed E-state index contributed by atoms with van der Waals surface area (Å²) < 4.78 is 43.9. The Morgan fingerprint density at radius 1 is 1.44 bits per heavy atom. The van der Waals surface area contributed by atoms with E-state index in [0.29, 0.717) is 24.2 Å². The fraction of sp³-hybridized carbons (Fsp3) is 0.529. The van der Waals surface area contributed by atoms with E-state index in [4.69, 9.17) is 16.3 Å². The molecule has 0 spiro atoms. The van der Waals surface area contributed by atoms with Crippen LogP contribution in [-0.2, 0) is 16.1 Å². The lowest BCUT2D eigenvalue weighted by Crippen LogP contribution is -2.28. The third kappa shape index (κ3) is 5.00. The number of aromatic nitrogens is 1. The SMILES string of the molecule is O=C(Nc1cc(F)c(=O)n(CC(F)F)c1)C1CC(C#CC2COC2)C(Cl)S1. The van der Waals surface area contributed by atoms with Crippen LogP contribution in [-0.4, -0.2) is 40.1 Å². The highest BCUT2D eigenvalue weighted by Crippen LogP contribution is 2.41.